The highest BCUT2D eigenvalue weighted by atomic mass is 19.4. The molecule has 4 nitrogen and oxygen atoms in total. The Morgan fingerprint density at radius 1 is 0.897 bits per heavy atom. The quantitative estimate of drug-likeness (QED) is 0.715. The van der Waals surface area contributed by atoms with E-state index >= 15 is 0 Å². The van der Waals surface area contributed by atoms with Gasteiger partial charge in [-0.05, 0) is 30.7 Å². The number of piperazine rings is 1. The van der Waals surface area contributed by atoms with Crippen molar-refractivity contribution in [3.63, 3.8) is 0 Å². The van der Waals surface area contributed by atoms with Crippen LogP contribution in [0, 0.1) is 0 Å². The third-order valence-electron chi connectivity index (χ3n) is 5.13. The summed E-state index contributed by atoms with van der Waals surface area (Å²) in [6.07, 6.45) is -3.83. The summed E-state index contributed by atoms with van der Waals surface area (Å²) in [6, 6.07) is 15.3. The third-order valence-corrected chi connectivity index (χ3v) is 5.13. The SMILES string of the molecule is O=C(NCCCN1CCN(Cc2ccccc2)CC1)c1ccccc1C(F)(F)F. The fourth-order valence-corrected chi connectivity index (χ4v) is 3.54. The van der Waals surface area contributed by atoms with Gasteiger partial charge in [0.2, 0.25) is 0 Å². The summed E-state index contributed by atoms with van der Waals surface area (Å²) in [6.45, 7) is 6.01. The van der Waals surface area contributed by atoms with Gasteiger partial charge in [-0.25, -0.2) is 0 Å². The Kier molecular flexibility index (Phi) is 7.28. The molecule has 1 saturated heterocycles. The van der Waals surface area contributed by atoms with Gasteiger partial charge in [-0.2, -0.15) is 13.2 Å². The van der Waals surface area contributed by atoms with Crippen molar-refractivity contribution in [2.45, 2.75) is 19.1 Å². The molecule has 7 heteroatoms. The molecule has 0 radical (unpaired) electrons. The molecule has 1 aliphatic rings. The first-order valence-electron chi connectivity index (χ1n) is 9.86. The number of amides is 1. The summed E-state index contributed by atoms with van der Waals surface area (Å²) < 4.78 is 39.1. The summed E-state index contributed by atoms with van der Waals surface area (Å²) in [4.78, 5) is 16.9. The van der Waals surface area contributed by atoms with Crippen molar-refractivity contribution in [2.75, 3.05) is 39.3 Å². The van der Waals surface area contributed by atoms with Gasteiger partial charge in [-0.3, -0.25) is 9.69 Å². The minimum absolute atomic E-state index is 0.325. The molecule has 0 aliphatic carbocycles. The normalized spacial score (nSPS) is 16.0. The Morgan fingerprint density at radius 3 is 2.21 bits per heavy atom. The van der Waals surface area contributed by atoms with E-state index in [0.29, 0.717) is 13.0 Å². The summed E-state index contributed by atoms with van der Waals surface area (Å²) >= 11 is 0. The lowest BCUT2D eigenvalue weighted by molar-refractivity contribution is -0.137. The molecule has 0 spiro atoms. The molecule has 3 rings (SSSR count). The second-order valence-electron chi connectivity index (χ2n) is 7.26. The molecular formula is C22H26F3N3O. The van der Waals surface area contributed by atoms with E-state index in [4.69, 9.17) is 0 Å². The van der Waals surface area contributed by atoms with Gasteiger partial charge in [-0.1, -0.05) is 42.5 Å². The highest BCUT2D eigenvalue weighted by molar-refractivity contribution is 5.95. The van der Waals surface area contributed by atoms with Crippen LogP contribution in [0.15, 0.2) is 54.6 Å². The Balaban J connectivity index is 1.37. The number of nitrogens with zero attached hydrogens (tertiary/aromatic N) is 2. The number of carbonyl (C=O) groups excluding carboxylic acids is 1. The standard InChI is InChI=1S/C22H26F3N3O/c23-22(24,25)20-10-5-4-9-19(20)21(29)26-11-6-12-27-13-15-28(16-14-27)17-18-7-2-1-3-8-18/h1-5,7-10H,6,11-17H2,(H,26,29). The first kappa shape index (κ1) is 21.3. The maximum absolute atomic E-state index is 13.0. The monoisotopic (exact) mass is 405 g/mol. The Morgan fingerprint density at radius 2 is 1.52 bits per heavy atom. The van der Waals surface area contributed by atoms with Crippen LogP contribution in [0.1, 0.15) is 27.9 Å². The molecule has 0 atom stereocenters. The molecule has 1 heterocycles. The van der Waals surface area contributed by atoms with Gasteiger partial charge >= 0.3 is 6.18 Å². The number of halogens is 3. The van der Waals surface area contributed by atoms with Gasteiger partial charge in [0.05, 0.1) is 11.1 Å². The van der Waals surface area contributed by atoms with E-state index in [1.165, 1.54) is 23.8 Å². The molecule has 1 fully saturated rings. The van der Waals surface area contributed by atoms with Crippen molar-refractivity contribution in [2.24, 2.45) is 0 Å². The summed E-state index contributed by atoms with van der Waals surface area (Å²) in [5, 5.41) is 2.62. The van der Waals surface area contributed by atoms with Crippen LogP contribution >= 0.6 is 0 Å². The molecule has 0 aromatic heterocycles. The molecule has 0 unspecified atom stereocenters. The van der Waals surface area contributed by atoms with Crippen molar-refractivity contribution in [3.05, 3.63) is 71.3 Å². The van der Waals surface area contributed by atoms with Crippen LogP contribution in [0.3, 0.4) is 0 Å². The molecule has 0 saturated carbocycles. The lowest BCUT2D eigenvalue weighted by Gasteiger charge is -2.34. The van der Waals surface area contributed by atoms with E-state index in [1.807, 2.05) is 18.2 Å². The molecule has 1 aliphatic heterocycles. The molecular weight excluding hydrogens is 379 g/mol. The average molecular weight is 405 g/mol. The first-order valence-corrected chi connectivity index (χ1v) is 9.86. The number of alkyl halides is 3. The van der Waals surface area contributed by atoms with Crippen molar-refractivity contribution in [1.29, 1.82) is 0 Å². The Hall–Kier alpha value is -2.38. The van der Waals surface area contributed by atoms with Crippen molar-refractivity contribution < 1.29 is 18.0 Å². The number of nitrogens with one attached hydrogen (secondary N) is 1. The molecule has 1 N–H and O–H groups in total. The van der Waals surface area contributed by atoms with Gasteiger partial charge in [-0.15, -0.1) is 0 Å². The molecule has 29 heavy (non-hydrogen) atoms. The van der Waals surface area contributed by atoms with Gasteiger partial charge in [0.25, 0.3) is 5.91 Å². The predicted octanol–water partition coefficient (Wildman–Crippen LogP) is 3.64. The number of hydrogen-bond acceptors (Lipinski definition) is 3. The second kappa shape index (κ2) is 9.89. The fraction of sp³-hybridized carbons (Fsp3) is 0.409. The topological polar surface area (TPSA) is 35.6 Å². The minimum atomic E-state index is -4.53. The Bertz CT molecular complexity index is 787. The second-order valence-corrected chi connectivity index (χ2v) is 7.26. The predicted molar refractivity (Wildman–Crippen MR) is 107 cm³/mol. The Labute approximate surface area is 169 Å². The molecule has 0 bridgehead atoms. The van der Waals surface area contributed by atoms with Crippen molar-refractivity contribution in [3.8, 4) is 0 Å². The first-order chi connectivity index (χ1) is 13.9. The molecule has 2 aromatic carbocycles. The van der Waals surface area contributed by atoms with E-state index < -0.39 is 17.6 Å². The van der Waals surface area contributed by atoms with E-state index in [2.05, 4.69) is 27.2 Å². The zero-order chi connectivity index (χ0) is 20.7. The number of benzene rings is 2. The zero-order valence-corrected chi connectivity index (χ0v) is 16.3. The molecule has 156 valence electrons. The van der Waals surface area contributed by atoms with E-state index in [-0.39, 0.29) is 5.56 Å². The van der Waals surface area contributed by atoms with E-state index in [0.717, 1.165) is 45.3 Å². The molecule has 1 amide bonds. The largest absolute Gasteiger partial charge is 0.417 e. The average Bonchev–Trinajstić information content (AvgIpc) is 2.72. The zero-order valence-electron chi connectivity index (χ0n) is 16.3. The van der Waals surface area contributed by atoms with Crippen LogP contribution in [0.2, 0.25) is 0 Å². The maximum Gasteiger partial charge on any atom is 0.417 e. The summed E-state index contributed by atoms with van der Waals surface area (Å²) in [5.74, 6) is -0.675. The van der Waals surface area contributed by atoms with Gasteiger partial charge in [0.1, 0.15) is 0 Å². The van der Waals surface area contributed by atoms with Crippen LogP contribution in [0.25, 0.3) is 0 Å². The lowest BCUT2D eigenvalue weighted by atomic mass is 10.1. The van der Waals surface area contributed by atoms with Crippen LogP contribution < -0.4 is 5.32 Å². The van der Waals surface area contributed by atoms with Gasteiger partial charge in [0.15, 0.2) is 0 Å². The van der Waals surface area contributed by atoms with E-state index in [9.17, 15) is 18.0 Å². The van der Waals surface area contributed by atoms with Crippen molar-refractivity contribution >= 4 is 5.91 Å². The highest BCUT2D eigenvalue weighted by Gasteiger charge is 2.34. The highest BCUT2D eigenvalue weighted by Crippen LogP contribution is 2.31. The van der Waals surface area contributed by atoms with Crippen LogP contribution in [0.4, 0.5) is 13.2 Å². The van der Waals surface area contributed by atoms with Crippen LogP contribution in [0.5, 0.6) is 0 Å². The number of hydrogen-bond donors (Lipinski definition) is 1. The summed E-state index contributed by atoms with van der Waals surface area (Å²) in [7, 11) is 0. The minimum Gasteiger partial charge on any atom is -0.352 e. The van der Waals surface area contributed by atoms with Crippen LogP contribution in [-0.2, 0) is 12.7 Å². The maximum atomic E-state index is 13.0. The third kappa shape index (κ3) is 6.30. The van der Waals surface area contributed by atoms with Crippen molar-refractivity contribution in [1.82, 2.24) is 15.1 Å². The van der Waals surface area contributed by atoms with Crippen LogP contribution in [-0.4, -0.2) is 55.0 Å². The number of rotatable bonds is 7. The fourth-order valence-electron chi connectivity index (χ4n) is 3.54. The lowest BCUT2D eigenvalue weighted by Crippen LogP contribution is -2.46. The summed E-state index contributed by atoms with van der Waals surface area (Å²) in [5.41, 5.74) is 0.0874. The van der Waals surface area contributed by atoms with Gasteiger partial charge in [0, 0.05) is 39.3 Å². The molecule has 2 aromatic rings. The van der Waals surface area contributed by atoms with E-state index in [1.54, 1.807) is 0 Å². The smallest absolute Gasteiger partial charge is 0.352 e. The number of carbonyl (C=O) groups is 1. The van der Waals surface area contributed by atoms with Gasteiger partial charge < -0.3 is 10.2 Å².